The SMILES string of the molecule is O=C(NCC(=O)N1CCN(C(=O)c2ccco2)CC1)c1cccc(Br)c1. The van der Waals surface area contributed by atoms with Crippen LogP contribution in [0.25, 0.3) is 0 Å². The summed E-state index contributed by atoms with van der Waals surface area (Å²) in [5, 5.41) is 2.63. The second kappa shape index (κ2) is 8.18. The highest BCUT2D eigenvalue weighted by Gasteiger charge is 2.26. The molecule has 0 radical (unpaired) electrons. The molecule has 1 aromatic carbocycles. The molecule has 0 atom stereocenters. The van der Waals surface area contributed by atoms with Gasteiger partial charge in [0.25, 0.3) is 11.8 Å². The van der Waals surface area contributed by atoms with E-state index >= 15 is 0 Å². The number of nitrogens with one attached hydrogen (secondary N) is 1. The Balaban J connectivity index is 1.46. The summed E-state index contributed by atoms with van der Waals surface area (Å²) in [5.41, 5.74) is 0.487. The first-order valence-corrected chi connectivity index (χ1v) is 8.98. The quantitative estimate of drug-likeness (QED) is 0.818. The lowest BCUT2D eigenvalue weighted by Gasteiger charge is -2.34. The first kappa shape index (κ1) is 18.2. The summed E-state index contributed by atoms with van der Waals surface area (Å²) in [4.78, 5) is 39.9. The fourth-order valence-corrected chi connectivity index (χ4v) is 3.11. The standard InChI is InChI=1S/C18H18BrN3O4/c19-14-4-1-3-13(11-14)17(24)20-12-16(23)21-6-8-22(9-7-21)18(25)15-5-2-10-26-15/h1-5,10-11H,6-9,12H2,(H,20,24). The molecule has 0 aliphatic carbocycles. The summed E-state index contributed by atoms with van der Waals surface area (Å²) in [6.45, 7) is 1.66. The van der Waals surface area contributed by atoms with E-state index in [-0.39, 0.29) is 24.3 Å². The summed E-state index contributed by atoms with van der Waals surface area (Å²) in [6.07, 6.45) is 1.46. The second-order valence-corrected chi connectivity index (χ2v) is 6.76. The molecule has 2 aromatic rings. The molecule has 0 unspecified atom stereocenters. The lowest BCUT2D eigenvalue weighted by molar-refractivity contribution is -0.131. The van der Waals surface area contributed by atoms with Gasteiger partial charge in [-0.25, -0.2) is 0 Å². The van der Waals surface area contributed by atoms with Crippen molar-refractivity contribution in [2.45, 2.75) is 0 Å². The Morgan fingerprint density at radius 3 is 2.42 bits per heavy atom. The van der Waals surface area contributed by atoms with E-state index in [1.807, 2.05) is 6.07 Å². The van der Waals surface area contributed by atoms with Crippen LogP contribution in [0.4, 0.5) is 0 Å². The number of amides is 3. The first-order chi connectivity index (χ1) is 12.5. The molecule has 26 heavy (non-hydrogen) atoms. The molecule has 1 aromatic heterocycles. The normalized spacial score (nSPS) is 14.2. The zero-order chi connectivity index (χ0) is 18.5. The highest BCUT2D eigenvalue weighted by Crippen LogP contribution is 2.12. The van der Waals surface area contributed by atoms with Crippen molar-refractivity contribution < 1.29 is 18.8 Å². The number of hydrogen-bond acceptors (Lipinski definition) is 4. The van der Waals surface area contributed by atoms with Gasteiger partial charge in [-0.3, -0.25) is 14.4 Å². The van der Waals surface area contributed by atoms with E-state index in [1.54, 1.807) is 40.1 Å². The van der Waals surface area contributed by atoms with Gasteiger partial charge >= 0.3 is 0 Å². The molecule has 1 aliphatic rings. The van der Waals surface area contributed by atoms with Crippen LogP contribution in [0.1, 0.15) is 20.9 Å². The molecule has 1 N–H and O–H groups in total. The highest BCUT2D eigenvalue weighted by molar-refractivity contribution is 9.10. The summed E-state index contributed by atoms with van der Waals surface area (Å²) < 4.78 is 5.92. The third-order valence-corrected chi connectivity index (χ3v) is 4.63. The molecule has 7 nitrogen and oxygen atoms in total. The van der Waals surface area contributed by atoms with E-state index in [9.17, 15) is 14.4 Å². The molecule has 1 fully saturated rings. The molecule has 2 heterocycles. The lowest BCUT2D eigenvalue weighted by atomic mass is 10.2. The van der Waals surface area contributed by atoms with Gasteiger partial charge < -0.3 is 19.5 Å². The zero-order valence-corrected chi connectivity index (χ0v) is 15.6. The summed E-state index contributed by atoms with van der Waals surface area (Å²) in [6, 6.07) is 10.3. The molecule has 0 spiro atoms. The van der Waals surface area contributed by atoms with Crippen LogP contribution >= 0.6 is 15.9 Å². The van der Waals surface area contributed by atoms with Crippen molar-refractivity contribution in [1.82, 2.24) is 15.1 Å². The minimum atomic E-state index is -0.300. The molecule has 8 heteroatoms. The van der Waals surface area contributed by atoms with Crippen LogP contribution in [-0.4, -0.2) is 60.2 Å². The number of carbonyl (C=O) groups is 3. The van der Waals surface area contributed by atoms with Crippen LogP contribution in [0, 0.1) is 0 Å². The topological polar surface area (TPSA) is 82.9 Å². The van der Waals surface area contributed by atoms with E-state index in [0.29, 0.717) is 37.5 Å². The maximum absolute atomic E-state index is 12.3. The lowest BCUT2D eigenvalue weighted by Crippen LogP contribution is -2.52. The van der Waals surface area contributed by atoms with Crippen molar-refractivity contribution >= 4 is 33.7 Å². The number of furan rings is 1. The fourth-order valence-electron chi connectivity index (χ4n) is 2.71. The Labute approximate surface area is 159 Å². The second-order valence-electron chi connectivity index (χ2n) is 5.84. The van der Waals surface area contributed by atoms with Crippen molar-refractivity contribution in [2.75, 3.05) is 32.7 Å². The minimum Gasteiger partial charge on any atom is -0.459 e. The van der Waals surface area contributed by atoms with E-state index in [0.717, 1.165) is 4.47 Å². The zero-order valence-electron chi connectivity index (χ0n) is 14.0. The van der Waals surface area contributed by atoms with Gasteiger partial charge in [0.15, 0.2) is 5.76 Å². The maximum atomic E-state index is 12.3. The van der Waals surface area contributed by atoms with Gasteiger partial charge in [-0.1, -0.05) is 22.0 Å². The van der Waals surface area contributed by atoms with Crippen LogP contribution in [-0.2, 0) is 4.79 Å². The van der Waals surface area contributed by atoms with Gasteiger partial charge in [0.05, 0.1) is 12.8 Å². The Bertz CT molecular complexity index is 799. The maximum Gasteiger partial charge on any atom is 0.289 e. The Morgan fingerprint density at radius 2 is 1.77 bits per heavy atom. The molecule has 1 saturated heterocycles. The molecule has 0 saturated carbocycles. The smallest absolute Gasteiger partial charge is 0.289 e. The van der Waals surface area contributed by atoms with Crippen molar-refractivity contribution in [1.29, 1.82) is 0 Å². The van der Waals surface area contributed by atoms with E-state index in [1.165, 1.54) is 6.26 Å². The van der Waals surface area contributed by atoms with Gasteiger partial charge in [-0.2, -0.15) is 0 Å². The fraction of sp³-hybridized carbons (Fsp3) is 0.278. The summed E-state index contributed by atoms with van der Waals surface area (Å²) >= 11 is 3.31. The largest absolute Gasteiger partial charge is 0.459 e. The summed E-state index contributed by atoms with van der Waals surface area (Å²) in [7, 11) is 0. The van der Waals surface area contributed by atoms with Gasteiger partial charge in [0, 0.05) is 36.2 Å². The molecule has 3 rings (SSSR count). The number of rotatable bonds is 4. The van der Waals surface area contributed by atoms with Gasteiger partial charge in [-0.15, -0.1) is 0 Å². The number of carbonyl (C=O) groups excluding carboxylic acids is 3. The van der Waals surface area contributed by atoms with Crippen LogP contribution in [0.2, 0.25) is 0 Å². The van der Waals surface area contributed by atoms with Gasteiger partial charge in [0.1, 0.15) is 0 Å². The monoisotopic (exact) mass is 419 g/mol. The van der Waals surface area contributed by atoms with Crippen molar-refractivity contribution in [3.05, 3.63) is 58.5 Å². The van der Waals surface area contributed by atoms with Crippen molar-refractivity contribution in [2.24, 2.45) is 0 Å². The van der Waals surface area contributed by atoms with Crippen molar-refractivity contribution in [3.63, 3.8) is 0 Å². The van der Waals surface area contributed by atoms with Crippen LogP contribution < -0.4 is 5.32 Å². The van der Waals surface area contributed by atoms with E-state index in [4.69, 9.17) is 4.42 Å². The minimum absolute atomic E-state index is 0.0719. The molecular weight excluding hydrogens is 402 g/mol. The molecule has 136 valence electrons. The van der Waals surface area contributed by atoms with Gasteiger partial charge in [0.2, 0.25) is 5.91 Å². The Kier molecular flexibility index (Phi) is 5.72. The number of piperazine rings is 1. The van der Waals surface area contributed by atoms with Crippen LogP contribution in [0.5, 0.6) is 0 Å². The molecule has 1 aliphatic heterocycles. The average molecular weight is 420 g/mol. The third-order valence-electron chi connectivity index (χ3n) is 4.14. The Morgan fingerprint density at radius 1 is 1.04 bits per heavy atom. The number of nitrogens with zero attached hydrogens (tertiary/aromatic N) is 2. The molecule has 0 bridgehead atoms. The number of hydrogen-bond donors (Lipinski definition) is 1. The average Bonchev–Trinajstić information content (AvgIpc) is 3.20. The predicted octanol–water partition coefficient (Wildman–Crippen LogP) is 1.76. The van der Waals surface area contributed by atoms with E-state index in [2.05, 4.69) is 21.2 Å². The van der Waals surface area contributed by atoms with Gasteiger partial charge in [-0.05, 0) is 30.3 Å². The van der Waals surface area contributed by atoms with Crippen LogP contribution in [0.15, 0.2) is 51.6 Å². The predicted molar refractivity (Wildman–Crippen MR) is 97.7 cm³/mol. The molecule has 3 amide bonds. The molecular formula is C18H18BrN3O4. The van der Waals surface area contributed by atoms with Crippen LogP contribution in [0.3, 0.4) is 0 Å². The third kappa shape index (κ3) is 4.32. The number of halogens is 1. The Hall–Kier alpha value is -2.61. The van der Waals surface area contributed by atoms with E-state index < -0.39 is 0 Å². The number of benzene rings is 1. The highest BCUT2D eigenvalue weighted by atomic mass is 79.9. The summed E-state index contributed by atoms with van der Waals surface area (Å²) in [5.74, 6) is -0.346. The van der Waals surface area contributed by atoms with Crippen molar-refractivity contribution in [3.8, 4) is 0 Å². The first-order valence-electron chi connectivity index (χ1n) is 8.19.